The van der Waals surface area contributed by atoms with Crippen molar-refractivity contribution < 1.29 is 28.8 Å². The van der Waals surface area contributed by atoms with Gasteiger partial charge in [-0.1, -0.05) is 66.4 Å². The average Bonchev–Trinajstić information content (AvgIpc) is 3.27. The fourth-order valence-electron chi connectivity index (χ4n) is 2.66. The van der Waals surface area contributed by atoms with Crippen LogP contribution in [0.5, 0.6) is 0 Å². The standard InChI is InChI=1S/C14H17N3O2.C4H6N2O2.C3H3N3O2/c1-8(2)10-6-5-7-11(9(3)4)12(10)17-13(18)15-16-14(17)19;1-3(7)5-6-4(2)8;1-6-2(7)4-5-3(6)8/h5-9H,1-4H3;1-2H3;1H3. The number of azo groups is 3. The number of para-hydroxylation sites is 1. The van der Waals surface area contributed by atoms with E-state index in [9.17, 15) is 28.8 Å². The van der Waals surface area contributed by atoms with Crippen LogP contribution in [-0.2, 0) is 9.59 Å². The van der Waals surface area contributed by atoms with Gasteiger partial charge in [-0.3, -0.25) is 9.59 Å². The number of hydrogen-bond acceptors (Lipinski definition) is 6. The third-order valence-electron chi connectivity index (χ3n) is 4.30. The first-order chi connectivity index (χ1) is 16.3. The highest BCUT2D eigenvalue weighted by Gasteiger charge is 2.33. The number of carbonyl (C=O) groups excluding carboxylic acids is 6. The van der Waals surface area contributed by atoms with Crippen LogP contribution < -0.4 is 4.90 Å². The molecule has 1 aromatic carbocycles. The van der Waals surface area contributed by atoms with Crippen molar-refractivity contribution in [3.63, 3.8) is 0 Å². The lowest BCUT2D eigenvalue weighted by atomic mass is 9.92. The Morgan fingerprint density at radius 2 is 1.06 bits per heavy atom. The van der Waals surface area contributed by atoms with Gasteiger partial charge in [0.15, 0.2) is 0 Å². The second-order valence-corrected chi connectivity index (χ2v) is 7.76. The van der Waals surface area contributed by atoms with E-state index in [0.29, 0.717) is 5.69 Å². The molecule has 2 heterocycles. The first-order valence-electron chi connectivity index (χ1n) is 10.4. The van der Waals surface area contributed by atoms with E-state index >= 15 is 0 Å². The molecule has 0 N–H and O–H groups in total. The molecule has 1 aromatic rings. The molecule has 2 aliphatic rings. The molecule has 0 aromatic heterocycles. The second-order valence-electron chi connectivity index (χ2n) is 7.76. The summed E-state index contributed by atoms with van der Waals surface area (Å²) in [4.78, 5) is 65.8. The molecule has 3 rings (SSSR count). The van der Waals surface area contributed by atoms with E-state index in [1.165, 1.54) is 20.9 Å². The molecule has 0 fully saturated rings. The molecule has 186 valence electrons. The number of urea groups is 4. The molecule has 0 spiro atoms. The quantitative estimate of drug-likeness (QED) is 0.500. The normalized spacial score (nSPS) is 14.7. The lowest BCUT2D eigenvalue weighted by molar-refractivity contribution is -0.120. The number of hydrogen-bond donors (Lipinski definition) is 0. The number of carbonyl (C=O) groups is 6. The van der Waals surface area contributed by atoms with Gasteiger partial charge in [-0.05, 0) is 23.0 Å². The maximum absolute atomic E-state index is 11.8. The Labute approximate surface area is 201 Å². The summed E-state index contributed by atoms with van der Waals surface area (Å²) in [5.41, 5.74) is 2.56. The zero-order valence-corrected chi connectivity index (χ0v) is 20.4. The molecule has 0 radical (unpaired) electrons. The van der Waals surface area contributed by atoms with Crippen molar-refractivity contribution in [2.75, 3.05) is 11.9 Å². The van der Waals surface area contributed by atoms with Crippen LogP contribution in [0.3, 0.4) is 0 Å². The molecule has 35 heavy (non-hydrogen) atoms. The summed E-state index contributed by atoms with van der Waals surface area (Å²) in [5.74, 6) is -0.509. The third kappa shape index (κ3) is 8.17. The summed E-state index contributed by atoms with van der Waals surface area (Å²) in [6, 6.07) is 3.40. The van der Waals surface area contributed by atoms with Gasteiger partial charge in [0.2, 0.25) is 0 Å². The van der Waals surface area contributed by atoms with E-state index in [2.05, 4.69) is 30.7 Å². The van der Waals surface area contributed by atoms with E-state index < -0.39 is 35.9 Å². The number of imide groups is 2. The van der Waals surface area contributed by atoms with Gasteiger partial charge in [0, 0.05) is 20.9 Å². The molecular weight excluding hydrogens is 460 g/mol. The topological polar surface area (TPSA) is 183 Å². The Bertz CT molecular complexity index is 1040. The maximum atomic E-state index is 11.8. The molecule has 0 saturated heterocycles. The molecule has 2 aliphatic heterocycles. The predicted molar refractivity (Wildman–Crippen MR) is 122 cm³/mol. The molecule has 0 bridgehead atoms. The van der Waals surface area contributed by atoms with Crippen LogP contribution in [0.4, 0.5) is 24.9 Å². The van der Waals surface area contributed by atoms with E-state index in [-0.39, 0.29) is 11.8 Å². The fraction of sp³-hybridized carbons (Fsp3) is 0.429. The summed E-state index contributed by atoms with van der Waals surface area (Å²) in [7, 11) is 1.32. The van der Waals surface area contributed by atoms with E-state index in [4.69, 9.17) is 0 Å². The first-order valence-corrected chi connectivity index (χ1v) is 10.4. The number of anilines is 1. The molecule has 0 saturated carbocycles. The molecule has 14 nitrogen and oxygen atoms in total. The van der Waals surface area contributed by atoms with Gasteiger partial charge in [-0.25, -0.2) is 29.0 Å². The molecule has 0 unspecified atom stereocenters. The van der Waals surface area contributed by atoms with Gasteiger partial charge in [0.05, 0.1) is 5.69 Å². The first kappa shape index (κ1) is 28.7. The minimum absolute atomic E-state index is 0.204. The summed E-state index contributed by atoms with van der Waals surface area (Å²) in [6.45, 7) is 10.6. The van der Waals surface area contributed by atoms with Crippen molar-refractivity contribution >= 4 is 41.6 Å². The van der Waals surface area contributed by atoms with Gasteiger partial charge < -0.3 is 0 Å². The highest BCUT2D eigenvalue weighted by Crippen LogP contribution is 2.37. The van der Waals surface area contributed by atoms with Crippen LogP contribution >= 0.6 is 0 Å². The fourth-order valence-corrected chi connectivity index (χ4v) is 2.66. The Morgan fingerprint density at radius 3 is 1.31 bits per heavy atom. The van der Waals surface area contributed by atoms with Gasteiger partial charge in [0.25, 0.3) is 11.8 Å². The number of rotatable bonds is 3. The van der Waals surface area contributed by atoms with E-state index in [0.717, 1.165) is 20.9 Å². The van der Waals surface area contributed by atoms with E-state index in [1.807, 2.05) is 45.9 Å². The van der Waals surface area contributed by atoms with Crippen LogP contribution in [0.25, 0.3) is 0 Å². The van der Waals surface area contributed by atoms with Gasteiger partial charge in [0.1, 0.15) is 0 Å². The highest BCUT2D eigenvalue weighted by atomic mass is 16.2. The zero-order valence-electron chi connectivity index (χ0n) is 20.4. The smallest absolute Gasteiger partial charge is 0.271 e. The highest BCUT2D eigenvalue weighted by molar-refractivity contribution is 6.18. The molecule has 0 aliphatic carbocycles. The molecular formula is C21H26N8O6. The maximum Gasteiger partial charge on any atom is 0.375 e. The minimum atomic E-state index is -0.611. The Hall–Kier alpha value is -4.36. The number of nitrogens with zero attached hydrogens (tertiary/aromatic N) is 8. The van der Waals surface area contributed by atoms with E-state index in [1.54, 1.807) is 0 Å². The van der Waals surface area contributed by atoms with Gasteiger partial charge in [-0.15, -0.1) is 10.2 Å². The lowest BCUT2D eigenvalue weighted by Crippen LogP contribution is -2.30. The van der Waals surface area contributed by atoms with Crippen LogP contribution in [0.15, 0.2) is 48.9 Å². The summed E-state index contributed by atoms with van der Waals surface area (Å²) in [5, 5.41) is 18.5. The van der Waals surface area contributed by atoms with Gasteiger partial charge in [-0.2, -0.15) is 0 Å². The van der Waals surface area contributed by atoms with Crippen LogP contribution in [-0.4, -0.2) is 47.9 Å². The van der Waals surface area contributed by atoms with Crippen molar-refractivity contribution in [3.05, 3.63) is 29.3 Å². The molecule has 10 amide bonds. The average molecular weight is 486 g/mol. The summed E-state index contributed by atoms with van der Waals surface area (Å²) < 4.78 is 0. The van der Waals surface area contributed by atoms with Crippen molar-refractivity contribution in [1.29, 1.82) is 0 Å². The Balaban J connectivity index is 0.000000316. The zero-order chi connectivity index (χ0) is 26.9. The van der Waals surface area contributed by atoms with Crippen LogP contribution in [0.1, 0.15) is 64.5 Å². The predicted octanol–water partition coefficient (Wildman–Crippen LogP) is 5.60. The minimum Gasteiger partial charge on any atom is -0.271 e. The van der Waals surface area contributed by atoms with Crippen LogP contribution in [0.2, 0.25) is 0 Å². The van der Waals surface area contributed by atoms with Crippen molar-refractivity contribution in [2.24, 2.45) is 30.7 Å². The SMILES string of the molecule is CC(=O)N=NC(C)=O.CC(C)c1cccc(C(C)C)c1N1C(=O)N=NC1=O.CN1C(=O)N=NC1=O. The lowest BCUT2D eigenvalue weighted by Gasteiger charge is -2.23. The largest absolute Gasteiger partial charge is 0.375 e. The molecule has 14 heteroatoms. The van der Waals surface area contributed by atoms with Crippen molar-refractivity contribution in [1.82, 2.24) is 4.90 Å². The monoisotopic (exact) mass is 486 g/mol. The Morgan fingerprint density at radius 1 is 0.714 bits per heavy atom. The van der Waals surface area contributed by atoms with Crippen LogP contribution in [0, 0.1) is 0 Å². The van der Waals surface area contributed by atoms with Gasteiger partial charge >= 0.3 is 24.1 Å². The second kappa shape index (κ2) is 12.8. The number of amides is 10. The number of benzene rings is 1. The third-order valence-corrected chi connectivity index (χ3v) is 4.30. The summed E-state index contributed by atoms with van der Waals surface area (Å²) >= 11 is 0. The summed E-state index contributed by atoms with van der Waals surface area (Å²) in [6.07, 6.45) is 0. The Kier molecular flexibility index (Phi) is 10.5. The molecule has 0 atom stereocenters. The van der Waals surface area contributed by atoms with Crippen molar-refractivity contribution in [2.45, 2.75) is 53.4 Å². The van der Waals surface area contributed by atoms with Crippen molar-refractivity contribution in [3.8, 4) is 0 Å².